The molecular weight excluding hydrogens is 853 g/mol. The number of nitrogens with two attached hydrogens (primary N) is 2. The monoisotopic (exact) mass is 919 g/mol. The van der Waals surface area contributed by atoms with Crippen molar-refractivity contribution in [2.24, 2.45) is 17.4 Å². The lowest BCUT2D eigenvalue weighted by atomic mass is 9.63. The van der Waals surface area contributed by atoms with Crippen LogP contribution in [0.15, 0.2) is 249 Å². The number of ether oxygens (including phenoxy) is 2. The van der Waals surface area contributed by atoms with Crippen LogP contribution in [-0.2, 0) is 11.8 Å². The zero-order valence-electron chi connectivity index (χ0n) is 41.2. The van der Waals surface area contributed by atoms with Crippen molar-refractivity contribution in [1.29, 1.82) is 0 Å². The van der Waals surface area contributed by atoms with Crippen molar-refractivity contribution in [2.45, 2.75) is 51.5 Å². The van der Waals surface area contributed by atoms with Gasteiger partial charge in [-0.1, -0.05) is 245 Å². The molecule has 0 saturated carbocycles. The van der Waals surface area contributed by atoms with Gasteiger partial charge in [-0.15, -0.1) is 0 Å². The molecule has 2 aliphatic carbocycles. The van der Waals surface area contributed by atoms with Crippen LogP contribution in [0.25, 0.3) is 22.3 Å². The number of hydrogen-bond donors (Lipinski definition) is 2. The van der Waals surface area contributed by atoms with Gasteiger partial charge in [-0.2, -0.15) is 0 Å². The summed E-state index contributed by atoms with van der Waals surface area (Å²) in [4.78, 5) is 0. The molecule has 8 aromatic rings. The van der Waals surface area contributed by atoms with Crippen molar-refractivity contribution in [2.75, 3.05) is 7.05 Å². The molecule has 3 atom stereocenters. The van der Waals surface area contributed by atoms with Gasteiger partial charge in [0, 0.05) is 23.4 Å². The molecule has 0 amide bonds. The molecule has 4 N–H and O–H groups in total. The smallest absolute Gasteiger partial charge is 0.174 e. The SMILES string of the molecule is C1=CC2c3c(ccc4c3Oc3ccc(-c5ccc(Cc6cccc(-c7ccccc7)c6)cc5)cc3O4)C(c3ccccc3)(c3ccccc3)C2C=C1.C=C/C=C\C.CC.CC(N)c1ccccc1.CN. The minimum absolute atomic E-state index is 0.138. The van der Waals surface area contributed by atoms with E-state index in [0.717, 1.165) is 40.5 Å². The minimum Gasteiger partial charge on any atom is -0.449 e. The van der Waals surface area contributed by atoms with Crippen LogP contribution in [0.5, 0.6) is 23.0 Å². The van der Waals surface area contributed by atoms with E-state index in [4.69, 9.17) is 15.2 Å². The maximum Gasteiger partial charge on any atom is 0.174 e. The third-order valence-corrected chi connectivity index (χ3v) is 12.8. The Morgan fingerprint density at radius 1 is 0.557 bits per heavy atom. The lowest BCUT2D eigenvalue weighted by Gasteiger charge is -2.38. The molecule has 8 aromatic carbocycles. The highest BCUT2D eigenvalue weighted by atomic mass is 16.6. The fourth-order valence-electron chi connectivity index (χ4n) is 9.70. The van der Waals surface area contributed by atoms with Crippen LogP contribution in [0.2, 0.25) is 0 Å². The molecule has 1 heterocycles. The molecule has 4 heteroatoms. The summed E-state index contributed by atoms with van der Waals surface area (Å²) in [6.45, 7) is 11.4. The van der Waals surface area contributed by atoms with Gasteiger partial charge in [-0.3, -0.25) is 0 Å². The van der Waals surface area contributed by atoms with Gasteiger partial charge in [0.1, 0.15) is 0 Å². The fourth-order valence-corrected chi connectivity index (χ4v) is 9.70. The second-order valence-electron chi connectivity index (χ2n) is 17.0. The molecule has 352 valence electrons. The standard InChI is InChI=1S/C50H36O2.C8H11N.C5H8.C2H6.CH5N/c1-4-14-36(15-5-1)38-16-12-13-35(32-38)31-34-23-25-37(26-24-34)39-27-29-45-47(33-39)51-46-30-28-44-48(49(46)52-45)42-21-10-11-22-43(42)50(44,40-17-6-2-7-18-40)41-19-8-3-9-20-41;1-7(9)8-5-3-2-4-6-8;1-3-5-4-2;2*1-2/h1-30,32-33,42-43H,31H2;2-7H,9H2,1H3;3-5H,1H2,2H3;1-2H3;2H2,1H3/b;;5-4-;;. The van der Waals surface area contributed by atoms with Crippen LogP contribution < -0.4 is 20.9 Å². The largest absolute Gasteiger partial charge is 0.449 e. The predicted molar refractivity (Wildman–Crippen MR) is 296 cm³/mol. The average Bonchev–Trinajstić information content (AvgIpc) is 3.74. The molecular formula is C66H66N2O2. The summed E-state index contributed by atoms with van der Waals surface area (Å²) in [6, 6.07) is 71.1. The zero-order valence-corrected chi connectivity index (χ0v) is 41.2. The molecule has 70 heavy (non-hydrogen) atoms. The molecule has 0 saturated heterocycles. The van der Waals surface area contributed by atoms with Crippen LogP contribution in [0.1, 0.15) is 78.6 Å². The summed E-state index contributed by atoms with van der Waals surface area (Å²) >= 11 is 0. The van der Waals surface area contributed by atoms with E-state index in [1.54, 1.807) is 6.08 Å². The summed E-state index contributed by atoms with van der Waals surface area (Å²) in [5.41, 5.74) is 23.3. The van der Waals surface area contributed by atoms with Crippen LogP contribution in [0, 0.1) is 5.92 Å². The van der Waals surface area contributed by atoms with Gasteiger partial charge >= 0.3 is 0 Å². The highest BCUT2D eigenvalue weighted by Crippen LogP contribution is 2.64. The lowest BCUT2D eigenvalue weighted by molar-refractivity contribution is 0.355. The van der Waals surface area contributed by atoms with Crippen molar-refractivity contribution in [3.8, 4) is 45.3 Å². The van der Waals surface area contributed by atoms with Gasteiger partial charge in [-0.25, -0.2) is 0 Å². The Kier molecular flexibility index (Phi) is 17.5. The van der Waals surface area contributed by atoms with Gasteiger partial charge in [0.2, 0.25) is 0 Å². The Morgan fingerprint density at radius 2 is 1.10 bits per heavy atom. The Bertz CT molecular complexity index is 2950. The van der Waals surface area contributed by atoms with Crippen LogP contribution in [0.4, 0.5) is 0 Å². The van der Waals surface area contributed by atoms with E-state index in [9.17, 15) is 0 Å². The lowest BCUT2D eigenvalue weighted by Crippen LogP contribution is -2.34. The van der Waals surface area contributed by atoms with Crippen LogP contribution >= 0.6 is 0 Å². The third kappa shape index (κ3) is 10.9. The highest BCUT2D eigenvalue weighted by Gasteiger charge is 2.54. The van der Waals surface area contributed by atoms with Crippen LogP contribution in [0.3, 0.4) is 0 Å². The number of allylic oxidation sites excluding steroid dienone is 7. The molecule has 3 unspecified atom stereocenters. The molecule has 0 fully saturated rings. The van der Waals surface area contributed by atoms with Gasteiger partial charge in [0.25, 0.3) is 0 Å². The van der Waals surface area contributed by atoms with E-state index in [0.29, 0.717) is 0 Å². The highest BCUT2D eigenvalue weighted by molar-refractivity contribution is 5.73. The average molecular weight is 919 g/mol. The second-order valence-corrected chi connectivity index (χ2v) is 17.0. The Labute approximate surface area is 417 Å². The topological polar surface area (TPSA) is 70.5 Å². The quantitative estimate of drug-likeness (QED) is 0.149. The molecule has 0 spiro atoms. The first kappa shape index (κ1) is 50.1. The minimum atomic E-state index is -0.372. The van der Waals surface area contributed by atoms with Gasteiger partial charge in [0.15, 0.2) is 23.0 Å². The summed E-state index contributed by atoms with van der Waals surface area (Å²) in [6.07, 6.45) is 15.5. The third-order valence-electron chi connectivity index (χ3n) is 12.8. The van der Waals surface area contributed by atoms with E-state index in [2.05, 4.69) is 206 Å². The molecule has 1 aliphatic heterocycles. The van der Waals surface area contributed by atoms with E-state index >= 15 is 0 Å². The number of rotatable bonds is 8. The van der Waals surface area contributed by atoms with E-state index in [1.165, 1.54) is 57.1 Å². The number of benzene rings is 8. The maximum atomic E-state index is 6.87. The van der Waals surface area contributed by atoms with Gasteiger partial charge < -0.3 is 20.9 Å². The summed E-state index contributed by atoms with van der Waals surface area (Å²) in [7, 11) is 1.50. The Hall–Kier alpha value is -7.76. The summed E-state index contributed by atoms with van der Waals surface area (Å²) in [5.74, 6) is 3.38. The van der Waals surface area contributed by atoms with Crippen molar-refractivity contribution < 1.29 is 9.47 Å². The molecule has 3 aliphatic rings. The maximum absolute atomic E-state index is 6.87. The second kappa shape index (κ2) is 24.5. The normalized spacial score (nSPS) is 15.3. The van der Waals surface area contributed by atoms with E-state index < -0.39 is 0 Å². The zero-order chi connectivity index (χ0) is 49.3. The first-order chi connectivity index (χ1) is 34.5. The van der Waals surface area contributed by atoms with Gasteiger partial charge in [-0.05, 0) is 101 Å². The first-order valence-corrected chi connectivity index (χ1v) is 24.5. The summed E-state index contributed by atoms with van der Waals surface area (Å²) in [5, 5.41) is 0. The molecule has 0 bridgehead atoms. The van der Waals surface area contributed by atoms with Crippen molar-refractivity contribution in [3.63, 3.8) is 0 Å². The fraction of sp³-hybridized carbons (Fsp3) is 0.152. The Balaban J connectivity index is 0.000000345. The van der Waals surface area contributed by atoms with E-state index in [-0.39, 0.29) is 23.3 Å². The van der Waals surface area contributed by atoms with Crippen molar-refractivity contribution in [3.05, 3.63) is 288 Å². The van der Waals surface area contributed by atoms with E-state index in [1.807, 2.05) is 70.2 Å². The predicted octanol–water partition coefficient (Wildman–Crippen LogP) is 16.7. The molecule has 11 rings (SSSR count). The number of fused-ring (bicyclic) bond motifs is 6. The molecule has 0 radical (unpaired) electrons. The molecule has 0 aromatic heterocycles. The van der Waals surface area contributed by atoms with Gasteiger partial charge in [0.05, 0.1) is 5.41 Å². The Morgan fingerprint density at radius 3 is 1.69 bits per heavy atom. The van der Waals surface area contributed by atoms with Crippen molar-refractivity contribution in [1.82, 2.24) is 0 Å². The van der Waals surface area contributed by atoms with Crippen LogP contribution in [-0.4, -0.2) is 7.05 Å². The first-order valence-electron chi connectivity index (χ1n) is 24.5. The summed E-state index contributed by atoms with van der Waals surface area (Å²) < 4.78 is 13.6. The molecule has 4 nitrogen and oxygen atoms in total. The van der Waals surface area contributed by atoms with Crippen molar-refractivity contribution >= 4 is 0 Å². The number of hydrogen-bond acceptors (Lipinski definition) is 4.